The molecular formula is C30H28O4. The van der Waals surface area contributed by atoms with E-state index >= 15 is 0 Å². The third kappa shape index (κ3) is 4.74. The van der Waals surface area contributed by atoms with E-state index in [1.807, 2.05) is 72.8 Å². The molecule has 0 heterocycles. The lowest BCUT2D eigenvalue weighted by Crippen LogP contribution is -2.01. The van der Waals surface area contributed by atoms with Gasteiger partial charge in [-0.1, -0.05) is 72.8 Å². The topological polar surface area (TPSA) is 58.9 Å². The van der Waals surface area contributed by atoms with Crippen LogP contribution in [0.25, 0.3) is 11.1 Å². The molecule has 0 aromatic heterocycles. The highest BCUT2D eigenvalue weighted by Crippen LogP contribution is 2.39. The minimum atomic E-state index is -0.138. The molecule has 0 radical (unpaired) electrons. The van der Waals surface area contributed by atoms with Crippen LogP contribution in [0.2, 0.25) is 0 Å². The first-order valence-corrected chi connectivity index (χ1v) is 11.1. The number of hydrogen-bond acceptors (Lipinski definition) is 4. The molecule has 0 atom stereocenters. The van der Waals surface area contributed by atoms with Crippen LogP contribution in [0.1, 0.15) is 33.4 Å². The summed E-state index contributed by atoms with van der Waals surface area (Å²) >= 11 is 0. The summed E-state index contributed by atoms with van der Waals surface area (Å²) in [5.74, 6) is 1.27. The van der Waals surface area contributed by atoms with Gasteiger partial charge in [0.05, 0.1) is 27.4 Å². The predicted octanol–water partition coefficient (Wildman–Crippen LogP) is 5.70. The van der Waals surface area contributed by atoms with Gasteiger partial charge in [-0.3, -0.25) is 0 Å². The first-order valence-electron chi connectivity index (χ1n) is 11.1. The maximum Gasteiger partial charge on any atom is 0.124 e. The highest BCUT2D eigenvalue weighted by molar-refractivity contribution is 6.04. The first-order chi connectivity index (χ1) is 16.7. The molecule has 172 valence electrons. The quantitative estimate of drug-likeness (QED) is 0.337. The molecule has 4 aromatic carbocycles. The maximum absolute atomic E-state index is 10.0. The lowest BCUT2D eigenvalue weighted by atomic mass is 9.85. The molecule has 0 bridgehead atoms. The van der Waals surface area contributed by atoms with Gasteiger partial charge in [0.25, 0.3) is 0 Å². The van der Waals surface area contributed by atoms with Crippen LogP contribution >= 0.6 is 0 Å². The second-order valence-electron chi connectivity index (χ2n) is 7.85. The smallest absolute Gasteiger partial charge is 0.124 e. The molecule has 0 aliphatic carbocycles. The number of ether oxygens (including phenoxy) is 2. The molecule has 0 aliphatic rings. The highest BCUT2D eigenvalue weighted by atomic mass is 16.5. The molecule has 0 spiro atoms. The van der Waals surface area contributed by atoms with Crippen molar-refractivity contribution in [2.24, 2.45) is 0 Å². The number of hydrogen-bond donors (Lipinski definition) is 2. The van der Waals surface area contributed by atoms with Gasteiger partial charge in [-0.25, -0.2) is 0 Å². The van der Waals surface area contributed by atoms with E-state index in [4.69, 9.17) is 9.47 Å². The zero-order valence-electron chi connectivity index (χ0n) is 19.4. The van der Waals surface area contributed by atoms with Gasteiger partial charge in [0.15, 0.2) is 0 Å². The van der Waals surface area contributed by atoms with Crippen LogP contribution in [0.5, 0.6) is 11.5 Å². The monoisotopic (exact) mass is 452 g/mol. The number of aliphatic hydroxyl groups is 2. The normalized spacial score (nSPS) is 10.6. The van der Waals surface area contributed by atoms with E-state index in [1.54, 1.807) is 14.2 Å². The molecule has 4 nitrogen and oxygen atoms in total. The van der Waals surface area contributed by atoms with Crippen molar-refractivity contribution in [3.8, 4) is 11.5 Å². The van der Waals surface area contributed by atoms with Crippen LogP contribution in [0.3, 0.4) is 0 Å². The number of aliphatic hydroxyl groups excluding tert-OH is 2. The van der Waals surface area contributed by atoms with Crippen LogP contribution in [0.15, 0.2) is 97.1 Å². The summed E-state index contributed by atoms with van der Waals surface area (Å²) in [6.07, 6.45) is 0. The van der Waals surface area contributed by atoms with E-state index in [2.05, 4.69) is 24.3 Å². The van der Waals surface area contributed by atoms with E-state index in [9.17, 15) is 10.2 Å². The summed E-state index contributed by atoms with van der Waals surface area (Å²) in [5, 5.41) is 20.0. The molecule has 0 saturated carbocycles. The molecule has 0 fully saturated rings. The minimum Gasteiger partial charge on any atom is -0.496 e. The fourth-order valence-electron chi connectivity index (χ4n) is 4.24. The van der Waals surface area contributed by atoms with Crippen LogP contribution in [-0.4, -0.2) is 24.4 Å². The predicted molar refractivity (Wildman–Crippen MR) is 136 cm³/mol. The van der Waals surface area contributed by atoms with Crippen molar-refractivity contribution < 1.29 is 19.7 Å². The van der Waals surface area contributed by atoms with Crippen molar-refractivity contribution in [2.75, 3.05) is 14.2 Å². The van der Waals surface area contributed by atoms with Gasteiger partial charge >= 0.3 is 0 Å². The van der Waals surface area contributed by atoms with Crippen molar-refractivity contribution in [1.29, 1.82) is 0 Å². The summed E-state index contributed by atoms with van der Waals surface area (Å²) < 4.78 is 10.9. The maximum atomic E-state index is 10.0. The standard InChI is InChI=1S/C30H28O4/c1-33-27-15-13-23(17-25(27)19-31)30(24-14-16-28(34-2)26(18-24)20-32)29(21-9-5-3-6-10-21)22-11-7-4-8-12-22/h3-18,31-32H,19-20H2,1-2H3. The average Bonchev–Trinajstić information content (AvgIpc) is 2.91. The zero-order chi connectivity index (χ0) is 23.9. The van der Waals surface area contributed by atoms with Crippen molar-refractivity contribution in [3.05, 3.63) is 130 Å². The van der Waals surface area contributed by atoms with E-state index in [-0.39, 0.29) is 13.2 Å². The van der Waals surface area contributed by atoms with Gasteiger partial charge in [-0.2, -0.15) is 0 Å². The number of methoxy groups -OCH3 is 2. The average molecular weight is 453 g/mol. The molecule has 4 rings (SSSR count). The van der Waals surface area contributed by atoms with Crippen LogP contribution in [-0.2, 0) is 13.2 Å². The Morgan fingerprint density at radius 1 is 0.529 bits per heavy atom. The Hall–Kier alpha value is -3.86. The zero-order valence-corrected chi connectivity index (χ0v) is 19.4. The summed E-state index contributed by atoms with van der Waals surface area (Å²) in [7, 11) is 3.20. The van der Waals surface area contributed by atoms with Gasteiger partial charge < -0.3 is 19.7 Å². The lowest BCUT2D eigenvalue weighted by molar-refractivity contribution is 0.273. The van der Waals surface area contributed by atoms with Crippen LogP contribution < -0.4 is 9.47 Å². The van der Waals surface area contributed by atoms with Crippen molar-refractivity contribution in [2.45, 2.75) is 13.2 Å². The Balaban J connectivity index is 2.11. The SMILES string of the molecule is COc1ccc(C(=C(c2ccccc2)c2ccccc2)c2ccc(OC)c(CO)c2)cc1CO. The van der Waals surface area contributed by atoms with Crippen molar-refractivity contribution in [3.63, 3.8) is 0 Å². The number of rotatable bonds is 8. The van der Waals surface area contributed by atoms with E-state index < -0.39 is 0 Å². The summed E-state index contributed by atoms with van der Waals surface area (Å²) in [6.45, 7) is -0.276. The van der Waals surface area contributed by atoms with Gasteiger partial charge in [0, 0.05) is 11.1 Å². The largest absolute Gasteiger partial charge is 0.496 e. The molecular weight excluding hydrogens is 424 g/mol. The Morgan fingerprint density at radius 3 is 1.26 bits per heavy atom. The first kappa shape index (κ1) is 23.3. The fraction of sp³-hybridized carbons (Fsp3) is 0.133. The van der Waals surface area contributed by atoms with Gasteiger partial charge in [0.2, 0.25) is 0 Å². The number of benzene rings is 4. The third-order valence-electron chi connectivity index (χ3n) is 5.85. The molecule has 0 saturated heterocycles. The minimum absolute atomic E-state index is 0.138. The van der Waals surface area contributed by atoms with Gasteiger partial charge in [-0.15, -0.1) is 0 Å². The van der Waals surface area contributed by atoms with E-state index in [0.29, 0.717) is 22.6 Å². The molecule has 2 N–H and O–H groups in total. The molecule has 0 unspecified atom stereocenters. The second kappa shape index (κ2) is 10.8. The molecule has 0 aliphatic heterocycles. The highest BCUT2D eigenvalue weighted by Gasteiger charge is 2.18. The van der Waals surface area contributed by atoms with E-state index in [0.717, 1.165) is 33.4 Å². The lowest BCUT2D eigenvalue weighted by Gasteiger charge is -2.20. The fourth-order valence-corrected chi connectivity index (χ4v) is 4.24. The van der Waals surface area contributed by atoms with Crippen molar-refractivity contribution in [1.82, 2.24) is 0 Å². The van der Waals surface area contributed by atoms with Crippen LogP contribution in [0, 0.1) is 0 Å². The van der Waals surface area contributed by atoms with Gasteiger partial charge in [0.1, 0.15) is 11.5 Å². The van der Waals surface area contributed by atoms with Crippen molar-refractivity contribution >= 4 is 11.1 Å². The van der Waals surface area contributed by atoms with Gasteiger partial charge in [-0.05, 0) is 57.7 Å². The van der Waals surface area contributed by atoms with Crippen LogP contribution in [0.4, 0.5) is 0 Å². The molecule has 0 amide bonds. The summed E-state index contributed by atoms with van der Waals surface area (Å²) in [4.78, 5) is 0. The summed E-state index contributed by atoms with van der Waals surface area (Å²) in [5.41, 5.74) is 7.42. The Morgan fingerprint density at radius 2 is 0.912 bits per heavy atom. The Labute approximate surface area is 200 Å². The third-order valence-corrected chi connectivity index (χ3v) is 5.85. The molecule has 34 heavy (non-hydrogen) atoms. The van der Waals surface area contributed by atoms with E-state index in [1.165, 1.54) is 0 Å². The Bertz CT molecular complexity index is 1180. The Kier molecular flexibility index (Phi) is 7.43. The molecule has 4 heteroatoms. The second-order valence-corrected chi connectivity index (χ2v) is 7.85. The summed E-state index contributed by atoms with van der Waals surface area (Å²) in [6, 6.07) is 32.2. The molecule has 4 aromatic rings.